The van der Waals surface area contributed by atoms with Crippen LogP contribution in [0.3, 0.4) is 0 Å². The smallest absolute Gasteiger partial charge is 0.303 e. The van der Waals surface area contributed by atoms with Gasteiger partial charge in [-0.2, -0.15) is 0 Å². The molecule has 180 valence electrons. The van der Waals surface area contributed by atoms with Crippen molar-refractivity contribution in [2.45, 2.75) is 32.7 Å². The number of nitrogens with one attached hydrogen (secondary N) is 3. The predicted molar refractivity (Wildman–Crippen MR) is 141 cm³/mol. The number of carbonyl (C=O) groups excluding carboxylic acids is 1. The molecule has 1 atom stereocenters. The van der Waals surface area contributed by atoms with E-state index in [2.05, 4.69) is 41.9 Å². The molecule has 0 saturated heterocycles. The number of amides is 1. The van der Waals surface area contributed by atoms with Crippen molar-refractivity contribution in [3.05, 3.63) is 94.0 Å². The normalized spacial score (nSPS) is 14.8. The molecule has 6 nitrogen and oxygen atoms in total. The average molecular weight is 490 g/mol. The van der Waals surface area contributed by atoms with Crippen molar-refractivity contribution in [3.63, 3.8) is 0 Å². The van der Waals surface area contributed by atoms with Gasteiger partial charge in [-0.25, -0.2) is 0 Å². The Labute approximate surface area is 210 Å². The molecule has 0 aliphatic carbocycles. The molecule has 1 aliphatic heterocycles. The van der Waals surface area contributed by atoms with Gasteiger partial charge in [-0.1, -0.05) is 54.9 Å². The van der Waals surface area contributed by atoms with E-state index in [0.717, 1.165) is 28.9 Å². The molecular formula is C28H28ClN3O3. The molecule has 4 rings (SSSR count). The fourth-order valence-corrected chi connectivity index (χ4v) is 4.40. The van der Waals surface area contributed by atoms with Crippen LogP contribution in [0.2, 0.25) is 5.02 Å². The third kappa shape index (κ3) is 5.73. The Morgan fingerprint density at radius 2 is 1.86 bits per heavy atom. The summed E-state index contributed by atoms with van der Waals surface area (Å²) in [5.41, 5.74) is 6.27. The van der Waals surface area contributed by atoms with E-state index in [-0.39, 0.29) is 18.4 Å². The molecule has 7 heteroatoms. The van der Waals surface area contributed by atoms with Crippen molar-refractivity contribution in [1.29, 1.82) is 0 Å². The van der Waals surface area contributed by atoms with Crippen molar-refractivity contribution in [2.24, 2.45) is 0 Å². The van der Waals surface area contributed by atoms with Crippen molar-refractivity contribution in [1.82, 2.24) is 5.32 Å². The van der Waals surface area contributed by atoms with E-state index in [4.69, 9.17) is 16.7 Å². The number of fused-ring (bicyclic) bond motifs is 1. The van der Waals surface area contributed by atoms with Gasteiger partial charge in [-0.15, -0.1) is 0 Å². The zero-order chi connectivity index (χ0) is 24.9. The number of aryl methyl sites for hydroxylation is 1. The molecule has 1 unspecified atom stereocenters. The highest BCUT2D eigenvalue weighted by atomic mass is 35.5. The molecule has 3 aromatic carbocycles. The molecule has 0 aromatic heterocycles. The molecule has 4 N–H and O–H groups in total. The summed E-state index contributed by atoms with van der Waals surface area (Å²) in [5, 5.41) is 19.4. The first kappa shape index (κ1) is 24.5. The molecule has 3 aromatic rings. The lowest BCUT2D eigenvalue weighted by atomic mass is 9.97. The van der Waals surface area contributed by atoms with Gasteiger partial charge in [0, 0.05) is 28.7 Å². The van der Waals surface area contributed by atoms with Crippen molar-refractivity contribution in [3.8, 4) is 0 Å². The van der Waals surface area contributed by atoms with Gasteiger partial charge in [-0.05, 0) is 66.9 Å². The van der Waals surface area contributed by atoms with E-state index in [9.17, 15) is 9.59 Å². The molecular weight excluding hydrogens is 462 g/mol. The summed E-state index contributed by atoms with van der Waals surface area (Å²) in [5.74, 6) is -1.07. The second kappa shape index (κ2) is 10.8. The van der Waals surface area contributed by atoms with Gasteiger partial charge in [0.15, 0.2) is 0 Å². The lowest BCUT2D eigenvalue weighted by Gasteiger charge is -2.17. The molecule has 1 heterocycles. The molecule has 1 aliphatic rings. The number of carboxylic acids is 1. The van der Waals surface area contributed by atoms with Crippen LogP contribution in [0.4, 0.5) is 11.4 Å². The third-order valence-electron chi connectivity index (χ3n) is 6.01. The average Bonchev–Trinajstić information content (AvgIpc) is 3.16. The van der Waals surface area contributed by atoms with Gasteiger partial charge in [-0.3, -0.25) is 9.59 Å². The maximum Gasteiger partial charge on any atom is 0.303 e. The fourth-order valence-electron chi connectivity index (χ4n) is 4.23. The van der Waals surface area contributed by atoms with Gasteiger partial charge in [0.2, 0.25) is 0 Å². The van der Waals surface area contributed by atoms with E-state index in [1.54, 1.807) is 12.1 Å². The molecule has 0 spiro atoms. The van der Waals surface area contributed by atoms with Gasteiger partial charge in [0.1, 0.15) is 0 Å². The zero-order valence-electron chi connectivity index (χ0n) is 19.7. The van der Waals surface area contributed by atoms with E-state index in [1.807, 2.05) is 42.5 Å². The van der Waals surface area contributed by atoms with Crippen LogP contribution in [0.15, 0.2) is 66.7 Å². The minimum Gasteiger partial charge on any atom is -0.481 e. The highest BCUT2D eigenvalue weighted by Crippen LogP contribution is 2.39. The van der Waals surface area contributed by atoms with Crippen LogP contribution in [0.1, 0.15) is 48.6 Å². The van der Waals surface area contributed by atoms with E-state index in [0.29, 0.717) is 28.4 Å². The summed E-state index contributed by atoms with van der Waals surface area (Å²) < 4.78 is 0. The first-order valence-electron chi connectivity index (χ1n) is 11.6. The van der Waals surface area contributed by atoms with Crippen LogP contribution in [0.25, 0.3) is 11.3 Å². The summed E-state index contributed by atoms with van der Waals surface area (Å²) in [6.45, 7) is 5.08. The number of carboxylic acid groups (broad SMARTS) is 1. The minimum absolute atomic E-state index is 0.0377. The Kier molecular flexibility index (Phi) is 7.54. The summed E-state index contributed by atoms with van der Waals surface area (Å²) >= 11 is 6.15. The monoisotopic (exact) mass is 489 g/mol. The highest BCUT2D eigenvalue weighted by molar-refractivity contribution is 6.38. The Hall–Kier alpha value is -3.61. The van der Waals surface area contributed by atoms with E-state index < -0.39 is 5.97 Å². The van der Waals surface area contributed by atoms with Crippen LogP contribution < -0.4 is 16.0 Å². The number of rotatable bonds is 9. The second-order valence-corrected chi connectivity index (χ2v) is 8.95. The summed E-state index contributed by atoms with van der Waals surface area (Å²) in [4.78, 5) is 24.2. The largest absolute Gasteiger partial charge is 0.481 e. The number of hydrogen-bond donors (Lipinski definition) is 4. The van der Waals surface area contributed by atoms with Crippen molar-refractivity contribution < 1.29 is 14.7 Å². The van der Waals surface area contributed by atoms with Gasteiger partial charge < -0.3 is 21.1 Å². The van der Waals surface area contributed by atoms with Gasteiger partial charge in [0.25, 0.3) is 5.91 Å². The molecule has 0 saturated carbocycles. The van der Waals surface area contributed by atoms with Crippen LogP contribution in [-0.2, 0) is 16.0 Å². The van der Waals surface area contributed by atoms with Crippen molar-refractivity contribution in [2.75, 3.05) is 17.2 Å². The highest BCUT2D eigenvalue weighted by Gasteiger charge is 2.28. The quantitative estimate of drug-likeness (QED) is 0.278. The maximum absolute atomic E-state index is 13.1. The van der Waals surface area contributed by atoms with Crippen LogP contribution in [0, 0.1) is 0 Å². The Morgan fingerprint density at radius 3 is 2.57 bits per heavy atom. The summed E-state index contributed by atoms with van der Waals surface area (Å²) in [6, 6.07) is 21.3. The van der Waals surface area contributed by atoms with Gasteiger partial charge >= 0.3 is 5.97 Å². The molecule has 0 bridgehead atoms. The SMILES string of the molecule is CCNC(C)c1ccc(NC(=C2C(=O)Nc3cc(Cl)ccc32)c2cccc(CCC(=O)O)c2)cc1. The van der Waals surface area contributed by atoms with Crippen LogP contribution in [-0.4, -0.2) is 23.5 Å². The lowest BCUT2D eigenvalue weighted by molar-refractivity contribution is -0.137. The number of hydrogen-bond acceptors (Lipinski definition) is 4. The molecule has 0 radical (unpaired) electrons. The predicted octanol–water partition coefficient (Wildman–Crippen LogP) is 5.96. The Balaban J connectivity index is 1.77. The van der Waals surface area contributed by atoms with E-state index in [1.165, 1.54) is 5.56 Å². The lowest BCUT2D eigenvalue weighted by Crippen LogP contribution is -2.17. The fraction of sp³-hybridized carbons (Fsp3) is 0.214. The molecule has 0 fully saturated rings. The van der Waals surface area contributed by atoms with Gasteiger partial charge in [0.05, 0.1) is 17.0 Å². The first-order chi connectivity index (χ1) is 16.9. The first-order valence-corrected chi connectivity index (χ1v) is 12.0. The Bertz CT molecular complexity index is 1280. The second-order valence-electron chi connectivity index (χ2n) is 8.51. The number of carbonyl (C=O) groups is 2. The zero-order valence-corrected chi connectivity index (χ0v) is 20.4. The van der Waals surface area contributed by atoms with Crippen LogP contribution >= 0.6 is 11.6 Å². The number of halogens is 1. The number of aliphatic carboxylic acids is 1. The minimum atomic E-state index is -0.847. The molecule has 35 heavy (non-hydrogen) atoms. The maximum atomic E-state index is 13.1. The standard InChI is InChI=1S/C28H28ClN3O3/c1-3-30-17(2)19-8-11-22(12-9-19)31-27(20-6-4-5-18(15-20)7-14-25(33)34)26-23-13-10-21(29)16-24(23)32-28(26)35/h4-6,8-13,15-17,30-31H,3,7,14H2,1-2H3,(H,32,35)(H,33,34). The third-order valence-corrected chi connectivity index (χ3v) is 6.24. The molecule has 1 amide bonds. The number of benzene rings is 3. The summed E-state index contributed by atoms with van der Waals surface area (Å²) in [6.07, 6.45) is 0.442. The topological polar surface area (TPSA) is 90.5 Å². The van der Waals surface area contributed by atoms with Crippen molar-refractivity contribution >= 4 is 46.1 Å². The number of anilines is 2. The van der Waals surface area contributed by atoms with E-state index >= 15 is 0 Å². The Morgan fingerprint density at radius 1 is 1.09 bits per heavy atom. The van der Waals surface area contributed by atoms with Crippen LogP contribution in [0.5, 0.6) is 0 Å². The summed E-state index contributed by atoms with van der Waals surface area (Å²) in [7, 11) is 0.